The zero-order valence-electron chi connectivity index (χ0n) is 18.3. The summed E-state index contributed by atoms with van der Waals surface area (Å²) in [7, 11) is 0. The van der Waals surface area contributed by atoms with Crippen LogP contribution in [0.15, 0.2) is 47.8 Å². The maximum absolute atomic E-state index is 11.9. The minimum atomic E-state index is 0.173. The summed E-state index contributed by atoms with van der Waals surface area (Å²) < 4.78 is 7.39. The molecule has 1 amide bonds. The fourth-order valence-corrected chi connectivity index (χ4v) is 6.12. The van der Waals surface area contributed by atoms with E-state index in [2.05, 4.69) is 56.9 Å². The monoisotopic (exact) mass is 447 g/mol. The number of carbonyl (C=O) groups is 1. The van der Waals surface area contributed by atoms with Crippen LogP contribution in [0.5, 0.6) is 5.75 Å². The lowest BCUT2D eigenvalue weighted by Crippen LogP contribution is -2.46. The van der Waals surface area contributed by atoms with Gasteiger partial charge >= 0.3 is 0 Å². The van der Waals surface area contributed by atoms with Crippen molar-refractivity contribution >= 4 is 38.7 Å². The van der Waals surface area contributed by atoms with Crippen molar-refractivity contribution < 1.29 is 9.53 Å². The van der Waals surface area contributed by atoms with E-state index in [4.69, 9.17) is 4.74 Å². The summed E-state index contributed by atoms with van der Waals surface area (Å²) in [6.07, 6.45) is 3.19. The highest BCUT2D eigenvalue weighted by Crippen LogP contribution is 2.53. The number of hydrogen-bond acceptors (Lipinski definition) is 5. The molecule has 3 aromatic rings. The van der Waals surface area contributed by atoms with Crippen molar-refractivity contribution in [1.82, 2.24) is 4.90 Å². The van der Waals surface area contributed by atoms with Crippen LogP contribution in [0.25, 0.3) is 10.1 Å². The number of rotatable bonds is 7. The molecule has 0 radical (unpaired) electrons. The lowest BCUT2D eigenvalue weighted by molar-refractivity contribution is -0.117. The number of unbranched alkanes of at least 4 members (excludes halogenated alkanes) is 1. The van der Waals surface area contributed by atoms with Gasteiger partial charge in [-0.15, -0.1) is 11.3 Å². The summed E-state index contributed by atoms with van der Waals surface area (Å²) >= 11 is 1.85. The summed E-state index contributed by atoms with van der Waals surface area (Å²) in [5.41, 5.74) is 3.61. The van der Waals surface area contributed by atoms with Crippen LogP contribution in [-0.4, -0.2) is 50.1 Å². The highest BCUT2D eigenvalue weighted by atomic mass is 32.1. The van der Waals surface area contributed by atoms with E-state index >= 15 is 0 Å². The SMILES string of the molecule is O=C1Nc2cc(OCCCCN3CCN(c4cccc5ccsc45)CC3)ccc2C2CC12. The summed E-state index contributed by atoms with van der Waals surface area (Å²) in [4.78, 5) is 17.1. The van der Waals surface area contributed by atoms with Gasteiger partial charge in [0.2, 0.25) is 5.91 Å². The van der Waals surface area contributed by atoms with Crippen molar-refractivity contribution in [1.29, 1.82) is 0 Å². The number of amides is 1. The Balaban J connectivity index is 0.936. The van der Waals surface area contributed by atoms with Gasteiger partial charge in [-0.1, -0.05) is 18.2 Å². The zero-order valence-corrected chi connectivity index (χ0v) is 19.1. The van der Waals surface area contributed by atoms with Crippen LogP contribution >= 0.6 is 11.3 Å². The average Bonchev–Trinajstić information content (AvgIpc) is 3.49. The highest BCUT2D eigenvalue weighted by molar-refractivity contribution is 7.17. The van der Waals surface area contributed by atoms with Crippen molar-refractivity contribution in [3.63, 3.8) is 0 Å². The zero-order chi connectivity index (χ0) is 21.5. The number of carbonyl (C=O) groups excluding carboxylic acids is 1. The predicted molar refractivity (Wildman–Crippen MR) is 131 cm³/mol. The maximum Gasteiger partial charge on any atom is 0.228 e. The Hall–Kier alpha value is -2.57. The minimum absolute atomic E-state index is 0.173. The van der Waals surface area contributed by atoms with E-state index in [0.29, 0.717) is 5.92 Å². The molecular weight excluding hydrogens is 418 g/mol. The first-order chi connectivity index (χ1) is 15.8. The molecule has 166 valence electrons. The molecule has 3 aliphatic rings. The third-order valence-electron chi connectivity index (χ3n) is 7.12. The van der Waals surface area contributed by atoms with E-state index < -0.39 is 0 Å². The predicted octanol–water partition coefficient (Wildman–Crippen LogP) is 4.94. The van der Waals surface area contributed by atoms with E-state index in [0.717, 1.165) is 70.0 Å². The van der Waals surface area contributed by atoms with Crippen LogP contribution in [0.4, 0.5) is 11.4 Å². The third kappa shape index (κ3) is 3.86. The molecule has 6 heteroatoms. The Morgan fingerprint density at radius 3 is 2.84 bits per heavy atom. The Bertz CT molecular complexity index is 1140. The van der Waals surface area contributed by atoms with Crippen molar-refractivity contribution in [3.05, 3.63) is 53.4 Å². The Labute approximate surface area is 193 Å². The number of piperazine rings is 1. The van der Waals surface area contributed by atoms with Crippen molar-refractivity contribution in [2.75, 3.05) is 49.5 Å². The molecule has 0 bridgehead atoms. The molecule has 1 N–H and O–H groups in total. The van der Waals surface area contributed by atoms with E-state index in [-0.39, 0.29) is 11.8 Å². The van der Waals surface area contributed by atoms with Gasteiger partial charge in [-0.2, -0.15) is 0 Å². The van der Waals surface area contributed by atoms with Crippen LogP contribution in [0.2, 0.25) is 0 Å². The van der Waals surface area contributed by atoms with Crippen LogP contribution in [0.1, 0.15) is 30.7 Å². The molecular formula is C26H29N3O2S. The lowest BCUT2D eigenvalue weighted by Gasteiger charge is -2.36. The van der Waals surface area contributed by atoms with E-state index in [1.54, 1.807) is 0 Å². The number of anilines is 2. The molecule has 1 aliphatic carbocycles. The largest absolute Gasteiger partial charge is 0.494 e. The second-order valence-electron chi connectivity index (χ2n) is 9.19. The van der Waals surface area contributed by atoms with E-state index in [1.165, 1.54) is 21.3 Å². The molecule has 6 rings (SSSR count). The van der Waals surface area contributed by atoms with Gasteiger partial charge in [-0.25, -0.2) is 0 Å². The molecule has 1 saturated heterocycles. The average molecular weight is 448 g/mol. The number of nitrogens with zero attached hydrogens (tertiary/aromatic N) is 2. The topological polar surface area (TPSA) is 44.8 Å². The molecule has 1 aromatic heterocycles. The van der Waals surface area contributed by atoms with Crippen molar-refractivity contribution in [2.45, 2.75) is 25.2 Å². The minimum Gasteiger partial charge on any atom is -0.494 e. The van der Waals surface area contributed by atoms with Gasteiger partial charge in [0.15, 0.2) is 0 Å². The van der Waals surface area contributed by atoms with Gasteiger partial charge in [-0.3, -0.25) is 9.69 Å². The fourth-order valence-electron chi connectivity index (χ4n) is 5.18. The van der Waals surface area contributed by atoms with Gasteiger partial charge in [0.25, 0.3) is 0 Å². The van der Waals surface area contributed by atoms with Crippen molar-refractivity contribution in [2.24, 2.45) is 5.92 Å². The van der Waals surface area contributed by atoms with Gasteiger partial charge in [-0.05, 0) is 66.3 Å². The summed E-state index contributed by atoms with van der Waals surface area (Å²) in [6.45, 7) is 6.28. The molecule has 5 nitrogen and oxygen atoms in total. The Morgan fingerprint density at radius 2 is 1.94 bits per heavy atom. The van der Waals surface area contributed by atoms with Crippen LogP contribution in [0.3, 0.4) is 0 Å². The number of nitrogens with one attached hydrogen (secondary N) is 1. The first kappa shape index (κ1) is 20.1. The molecule has 3 heterocycles. The number of ether oxygens (including phenoxy) is 1. The van der Waals surface area contributed by atoms with Gasteiger partial charge in [0, 0.05) is 43.9 Å². The smallest absolute Gasteiger partial charge is 0.228 e. The molecule has 2 aliphatic heterocycles. The molecule has 32 heavy (non-hydrogen) atoms. The van der Waals surface area contributed by atoms with Crippen LogP contribution in [0, 0.1) is 5.92 Å². The Kier molecular flexibility index (Phi) is 5.27. The molecule has 0 spiro atoms. The second kappa shape index (κ2) is 8.41. The highest BCUT2D eigenvalue weighted by Gasteiger charge is 2.48. The molecule has 2 unspecified atom stereocenters. The van der Waals surface area contributed by atoms with Gasteiger partial charge in [0.1, 0.15) is 5.75 Å². The quantitative estimate of drug-likeness (QED) is 0.521. The van der Waals surface area contributed by atoms with Crippen molar-refractivity contribution in [3.8, 4) is 5.75 Å². The van der Waals surface area contributed by atoms with Crippen LogP contribution < -0.4 is 15.0 Å². The van der Waals surface area contributed by atoms with E-state index in [9.17, 15) is 4.79 Å². The standard InChI is InChI=1S/C26H29N3O2S/c30-26-22-17-21(22)20-7-6-19(16-23(20)27-26)31-14-2-1-9-28-10-12-29(13-11-28)24-5-3-4-18-8-15-32-25(18)24/h3-8,15-16,21-22H,1-2,9-14,17H2,(H,27,30). The number of thiophene rings is 1. The maximum atomic E-state index is 11.9. The molecule has 1 saturated carbocycles. The second-order valence-corrected chi connectivity index (χ2v) is 10.1. The molecule has 2 fully saturated rings. The summed E-state index contributed by atoms with van der Waals surface area (Å²) in [6, 6.07) is 15.0. The normalized spacial score (nSPS) is 22.4. The molecule has 2 atom stereocenters. The number of fused-ring (bicyclic) bond motifs is 4. The number of hydrogen-bond donors (Lipinski definition) is 1. The summed E-state index contributed by atoms with van der Waals surface area (Å²) in [5.74, 6) is 1.68. The molecule has 2 aromatic carbocycles. The third-order valence-corrected chi connectivity index (χ3v) is 8.07. The first-order valence-corrected chi connectivity index (χ1v) is 12.7. The van der Waals surface area contributed by atoms with E-state index in [1.807, 2.05) is 17.4 Å². The Morgan fingerprint density at radius 1 is 1.03 bits per heavy atom. The summed E-state index contributed by atoms with van der Waals surface area (Å²) in [5, 5.41) is 6.58. The fraction of sp³-hybridized carbons (Fsp3) is 0.423. The van der Waals surface area contributed by atoms with Gasteiger partial charge < -0.3 is 15.0 Å². The van der Waals surface area contributed by atoms with Crippen LogP contribution in [-0.2, 0) is 4.79 Å². The lowest BCUT2D eigenvalue weighted by atomic mass is 10.0. The number of benzene rings is 2. The van der Waals surface area contributed by atoms with Gasteiger partial charge in [0.05, 0.1) is 17.0 Å². The first-order valence-electron chi connectivity index (χ1n) is 11.8.